The Morgan fingerprint density at radius 3 is 2.57 bits per heavy atom. The fraction of sp³-hybridized carbons (Fsp3) is 0.200. The van der Waals surface area contributed by atoms with E-state index in [-0.39, 0.29) is 5.82 Å². The van der Waals surface area contributed by atoms with Gasteiger partial charge in [-0.1, -0.05) is 18.7 Å². The number of thiazole rings is 1. The molecule has 3 aromatic heterocycles. The maximum absolute atomic E-state index is 13.1. The van der Waals surface area contributed by atoms with Crippen LogP contribution in [0.3, 0.4) is 0 Å². The van der Waals surface area contributed by atoms with Crippen molar-refractivity contribution in [2.75, 3.05) is 0 Å². The number of hydrogen-bond donors (Lipinski definition) is 0. The van der Waals surface area contributed by atoms with Gasteiger partial charge in [0, 0.05) is 41.2 Å². The molecule has 0 saturated carbocycles. The highest BCUT2D eigenvalue weighted by atomic mass is 32.2. The molecule has 0 aliphatic carbocycles. The molecule has 0 N–H and O–H groups in total. The lowest BCUT2D eigenvalue weighted by Gasteiger charge is -2.08. The lowest BCUT2D eigenvalue weighted by atomic mass is 10.2. The number of halogens is 1. The van der Waals surface area contributed by atoms with E-state index in [9.17, 15) is 4.39 Å². The van der Waals surface area contributed by atoms with E-state index in [0.29, 0.717) is 5.75 Å². The van der Waals surface area contributed by atoms with Gasteiger partial charge in [-0.3, -0.25) is 4.98 Å². The van der Waals surface area contributed by atoms with Crippen molar-refractivity contribution in [3.63, 3.8) is 0 Å². The third-order valence-corrected chi connectivity index (χ3v) is 6.04. The smallest absolute Gasteiger partial charge is 0.191 e. The van der Waals surface area contributed by atoms with Gasteiger partial charge in [0.1, 0.15) is 10.8 Å². The fourth-order valence-corrected chi connectivity index (χ4v) is 4.56. The lowest BCUT2D eigenvalue weighted by Crippen LogP contribution is -2.02. The maximum Gasteiger partial charge on any atom is 0.191 e. The van der Waals surface area contributed by atoms with Gasteiger partial charge in [-0.15, -0.1) is 21.5 Å². The highest BCUT2D eigenvalue weighted by molar-refractivity contribution is 7.98. The highest BCUT2D eigenvalue weighted by Gasteiger charge is 2.14. The van der Waals surface area contributed by atoms with E-state index in [1.54, 1.807) is 47.6 Å². The first-order valence-corrected chi connectivity index (χ1v) is 10.8. The molecule has 4 rings (SSSR count). The largest absolute Gasteiger partial charge is 0.302 e. The summed E-state index contributed by atoms with van der Waals surface area (Å²) < 4.78 is 15.2. The summed E-state index contributed by atoms with van der Waals surface area (Å²) in [4.78, 5) is 8.75. The van der Waals surface area contributed by atoms with Crippen molar-refractivity contribution in [1.29, 1.82) is 0 Å². The van der Waals surface area contributed by atoms with Crippen LogP contribution in [0, 0.1) is 5.82 Å². The summed E-state index contributed by atoms with van der Waals surface area (Å²) in [6.45, 7) is 2.99. The summed E-state index contributed by atoms with van der Waals surface area (Å²) in [6.07, 6.45) is 4.52. The van der Waals surface area contributed by atoms with Gasteiger partial charge in [0.15, 0.2) is 11.0 Å². The molecule has 0 aliphatic heterocycles. The standard InChI is InChI=1S/C20H18FN5S2/c1-2-11-26-18(14-7-9-22-10-8-14)24-25-20(26)28-13-17-12-27-19(23-17)15-3-5-16(21)6-4-15/h3-10,12H,2,11,13H2,1H3. The minimum atomic E-state index is -0.239. The van der Waals surface area contributed by atoms with Crippen LogP contribution in [-0.4, -0.2) is 24.7 Å². The van der Waals surface area contributed by atoms with Gasteiger partial charge in [-0.2, -0.15) is 0 Å². The summed E-state index contributed by atoms with van der Waals surface area (Å²) in [7, 11) is 0. The second kappa shape index (κ2) is 8.62. The van der Waals surface area contributed by atoms with Gasteiger partial charge >= 0.3 is 0 Å². The van der Waals surface area contributed by atoms with Crippen molar-refractivity contribution in [3.8, 4) is 22.0 Å². The van der Waals surface area contributed by atoms with Crippen LogP contribution in [0.1, 0.15) is 19.0 Å². The number of benzene rings is 1. The molecular formula is C20H18FN5S2. The van der Waals surface area contributed by atoms with Gasteiger partial charge in [-0.25, -0.2) is 9.37 Å². The van der Waals surface area contributed by atoms with E-state index in [1.807, 2.05) is 17.5 Å². The Balaban J connectivity index is 1.51. The van der Waals surface area contributed by atoms with Crippen LogP contribution in [0.15, 0.2) is 59.3 Å². The number of rotatable bonds is 7. The molecule has 0 amide bonds. The van der Waals surface area contributed by atoms with Crippen molar-refractivity contribution >= 4 is 23.1 Å². The molecule has 142 valence electrons. The lowest BCUT2D eigenvalue weighted by molar-refractivity contribution is 0.626. The fourth-order valence-electron chi connectivity index (χ4n) is 2.77. The molecule has 28 heavy (non-hydrogen) atoms. The number of nitrogens with zero attached hydrogens (tertiary/aromatic N) is 5. The predicted octanol–water partition coefficient (Wildman–Crippen LogP) is 5.31. The second-order valence-electron chi connectivity index (χ2n) is 6.13. The van der Waals surface area contributed by atoms with E-state index < -0.39 is 0 Å². The summed E-state index contributed by atoms with van der Waals surface area (Å²) in [5.41, 5.74) is 2.91. The first kappa shape index (κ1) is 18.8. The zero-order chi connectivity index (χ0) is 19.3. The molecule has 0 atom stereocenters. The van der Waals surface area contributed by atoms with E-state index in [0.717, 1.165) is 45.8 Å². The van der Waals surface area contributed by atoms with Crippen molar-refractivity contribution in [2.45, 2.75) is 30.8 Å². The van der Waals surface area contributed by atoms with E-state index in [2.05, 4.69) is 31.7 Å². The minimum absolute atomic E-state index is 0.239. The highest BCUT2D eigenvalue weighted by Crippen LogP contribution is 2.29. The van der Waals surface area contributed by atoms with Crippen LogP contribution < -0.4 is 0 Å². The molecule has 0 spiro atoms. The topological polar surface area (TPSA) is 56.5 Å². The number of hydrogen-bond acceptors (Lipinski definition) is 6. The second-order valence-corrected chi connectivity index (χ2v) is 7.93. The van der Waals surface area contributed by atoms with E-state index >= 15 is 0 Å². The molecule has 0 bridgehead atoms. The first-order chi connectivity index (χ1) is 13.7. The molecule has 4 aromatic rings. The summed E-state index contributed by atoms with van der Waals surface area (Å²) in [6, 6.07) is 10.3. The van der Waals surface area contributed by atoms with Crippen molar-refractivity contribution in [3.05, 3.63) is 65.7 Å². The number of thioether (sulfide) groups is 1. The van der Waals surface area contributed by atoms with E-state index in [1.165, 1.54) is 12.1 Å². The quantitative estimate of drug-likeness (QED) is 0.386. The van der Waals surface area contributed by atoms with Crippen LogP contribution in [0.2, 0.25) is 0 Å². The Morgan fingerprint density at radius 2 is 1.82 bits per heavy atom. The first-order valence-electron chi connectivity index (χ1n) is 8.91. The average molecular weight is 412 g/mol. The minimum Gasteiger partial charge on any atom is -0.302 e. The monoisotopic (exact) mass is 411 g/mol. The zero-order valence-corrected chi connectivity index (χ0v) is 16.9. The Kier molecular flexibility index (Phi) is 5.78. The van der Waals surface area contributed by atoms with Crippen LogP contribution in [0.5, 0.6) is 0 Å². The Hall–Kier alpha value is -2.58. The van der Waals surface area contributed by atoms with Crippen molar-refractivity contribution in [1.82, 2.24) is 24.7 Å². The molecule has 0 radical (unpaired) electrons. The zero-order valence-electron chi connectivity index (χ0n) is 15.2. The molecule has 1 aromatic carbocycles. The Bertz CT molecular complexity index is 1040. The van der Waals surface area contributed by atoms with Crippen LogP contribution in [0.25, 0.3) is 22.0 Å². The van der Waals surface area contributed by atoms with Gasteiger partial charge in [0.05, 0.1) is 5.69 Å². The normalized spacial score (nSPS) is 11.1. The molecule has 0 saturated heterocycles. The van der Waals surface area contributed by atoms with Gasteiger partial charge in [0.25, 0.3) is 0 Å². The number of pyridine rings is 1. The summed E-state index contributed by atoms with van der Waals surface area (Å²) in [5.74, 6) is 1.32. The van der Waals surface area contributed by atoms with Crippen LogP contribution in [-0.2, 0) is 12.3 Å². The van der Waals surface area contributed by atoms with Crippen molar-refractivity contribution in [2.24, 2.45) is 0 Å². The van der Waals surface area contributed by atoms with Gasteiger partial charge in [0.2, 0.25) is 0 Å². The van der Waals surface area contributed by atoms with E-state index in [4.69, 9.17) is 0 Å². The molecule has 0 unspecified atom stereocenters. The molecule has 0 fully saturated rings. The number of aromatic nitrogens is 5. The molecular weight excluding hydrogens is 393 g/mol. The summed E-state index contributed by atoms with van der Waals surface area (Å²) in [5, 5.41) is 12.6. The molecule has 3 heterocycles. The summed E-state index contributed by atoms with van der Waals surface area (Å²) >= 11 is 3.19. The molecule has 0 aliphatic rings. The maximum atomic E-state index is 13.1. The average Bonchev–Trinajstić information content (AvgIpc) is 3.35. The Labute approximate surface area is 170 Å². The van der Waals surface area contributed by atoms with Gasteiger partial charge in [-0.05, 0) is 42.8 Å². The van der Waals surface area contributed by atoms with Gasteiger partial charge < -0.3 is 4.57 Å². The molecule has 8 heteroatoms. The third-order valence-electron chi connectivity index (χ3n) is 4.09. The third kappa shape index (κ3) is 4.13. The van der Waals surface area contributed by atoms with Crippen LogP contribution in [0.4, 0.5) is 4.39 Å². The van der Waals surface area contributed by atoms with Crippen LogP contribution >= 0.6 is 23.1 Å². The SMILES string of the molecule is CCCn1c(SCc2csc(-c3ccc(F)cc3)n2)nnc1-c1ccncc1. The van der Waals surface area contributed by atoms with Crippen molar-refractivity contribution < 1.29 is 4.39 Å². The molecule has 5 nitrogen and oxygen atoms in total. The predicted molar refractivity (Wildman–Crippen MR) is 111 cm³/mol. The Morgan fingerprint density at radius 1 is 1.04 bits per heavy atom.